The number of aliphatic hydroxyl groups is 1. The van der Waals surface area contributed by atoms with Gasteiger partial charge in [-0.2, -0.15) is 4.98 Å². The van der Waals surface area contributed by atoms with Gasteiger partial charge in [-0.15, -0.1) is 0 Å². The van der Waals surface area contributed by atoms with E-state index in [1.165, 1.54) is 77.0 Å². The summed E-state index contributed by atoms with van der Waals surface area (Å²) in [4.78, 5) is 51.7. The summed E-state index contributed by atoms with van der Waals surface area (Å²) >= 11 is 0. The summed E-state index contributed by atoms with van der Waals surface area (Å²) < 4.78 is 54.5. The van der Waals surface area contributed by atoms with Crippen LogP contribution in [0.3, 0.4) is 0 Å². The number of hydrogen-bond donors (Lipinski definition) is 3. The number of nitrogens with two attached hydrogens (primary N) is 1. The Morgan fingerprint density at radius 1 is 0.785 bits per heavy atom. The molecule has 4 N–H and O–H groups in total. The number of aromatic nitrogens is 2. The molecule has 14 nitrogen and oxygen atoms in total. The molecule has 1 fully saturated rings. The van der Waals surface area contributed by atoms with Crippen molar-refractivity contribution in [2.45, 2.75) is 218 Å². The number of unbranched alkanes of at least 4 members (excludes halogenated alkanes) is 22. The Morgan fingerprint density at radius 2 is 1.25 bits per heavy atom. The number of ether oxygens (including phenoxy) is 3. The first-order chi connectivity index (χ1) is 31.4. The number of anilines is 1. The standard InChI is InChI=1S/C49H83FN3O11P/c1-4-6-8-10-12-14-16-18-20-22-24-26-28-30-32-34-44(54)60-37-41(63-45(55)35-33-31-29-27-25-23-21-19-17-15-13-11-9-7-5-2)38-61-65(58,59)62-39-43-46(56)40(3)48(64-43)53-36-42(50)47(51)52-49(53)57/h18-21,36,41,43,46,48,56H,3-17,22-35,37-39H2,1-2H3,(H,58,59)(H2,51,52,57)/b20-18-,21-19-/t41-,43-,46+,48-/m1/s1. The SMILES string of the molecule is C=C1[C@H](n2cc(F)c(N)nc2=O)O[C@H](COP(=O)(O)OC[C@@H](COC(=O)CCCCCCC/C=C\CCCCCCCC)OC(=O)CCCCCCC/C=C\CCCCCCCC)[C@H]1O. The first-order valence-corrected chi connectivity index (χ1v) is 26.2. The van der Waals surface area contributed by atoms with Gasteiger partial charge in [-0.1, -0.05) is 147 Å². The number of phosphoric acid groups is 1. The minimum Gasteiger partial charge on any atom is -0.462 e. The third kappa shape index (κ3) is 27.3. The van der Waals surface area contributed by atoms with Crippen LogP contribution in [-0.4, -0.2) is 69.6 Å². The maximum atomic E-state index is 14.1. The van der Waals surface area contributed by atoms with Gasteiger partial charge >= 0.3 is 25.5 Å². The fourth-order valence-electron chi connectivity index (χ4n) is 7.39. The van der Waals surface area contributed by atoms with Crippen molar-refractivity contribution in [1.82, 2.24) is 9.55 Å². The number of phosphoric ester groups is 1. The number of allylic oxidation sites excluding steroid dienone is 4. The molecule has 0 saturated carbocycles. The molecule has 1 aliphatic rings. The quantitative estimate of drug-likeness (QED) is 0.0243. The number of carbonyl (C=O) groups excluding carboxylic acids is 2. The van der Waals surface area contributed by atoms with Crippen molar-refractivity contribution in [3.63, 3.8) is 0 Å². The van der Waals surface area contributed by atoms with E-state index in [1.807, 2.05) is 0 Å². The molecule has 2 heterocycles. The normalized spacial score (nSPS) is 17.9. The van der Waals surface area contributed by atoms with Gasteiger partial charge < -0.3 is 29.9 Å². The molecule has 1 saturated heterocycles. The van der Waals surface area contributed by atoms with Crippen molar-refractivity contribution < 1.29 is 51.8 Å². The van der Waals surface area contributed by atoms with Crippen molar-refractivity contribution in [1.29, 1.82) is 0 Å². The number of carbonyl (C=O) groups is 2. The zero-order chi connectivity index (χ0) is 47.5. The summed E-state index contributed by atoms with van der Waals surface area (Å²) in [6.07, 6.45) is 34.0. The van der Waals surface area contributed by atoms with Gasteiger partial charge in [0.2, 0.25) is 0 Å². The van der Waals surface area contributed by atoms with E-state index >= 15 is 0 Å². The molecule has 1 aromatic rings. The maximum absolute atomic E-state index is 14.1. The molecule has 1 aromatic heterocycles. The van der Waals surface area contributed by atoms with Crippen LogP contribution in [0, 0.1) is 5.82 Å². The van der Waals surface area contributed by atoms with Crippen molar-refractivity contribution in [3.8, 4) is 0 Å². The summed E-state index contributed by atoms with van der Waals surface area (Å²) in [5.74, 6) is -2.66. The highest BCUT2D eigenvalue weighted by Gasteiger charge is 2.41. The molecule has 0 bridgehead atoms. The molecule has 0 amide bonds. The number of hydrogen-bond acceptors (Lipinski definition) is 12. The zero-order valence-corrected chi connectivity index (χ0v) is 40.6. The van der Waals surface area contributed by atoms with Crippen LogP contribution in [0.5, 0.6) is 0 Å². The van der Waals surface area contributed by atoms with Crippen LogP contribution in [0.2, 0.25) is 0 Å². The fourth-order valence-corrected chi connectivity index (χ4v) is 8.16. The molecule has 1 aliphatic heterocycles. The summed E-state index contributed by atoms with van der Waals surface area (Å²) in [7, 11) is -4.87. The number of esters is 2. The Labute approximate surface area is 388 Å². The van der Waals surface area contributed by atoms with Crippen LogP contribution in [-0.2, 0) is 37.4 Å². The first-order valence-electron chi connectivity index (χ1n) is 24.7. The smallest absolute Gasteiger partial charge is 0.462 e. The Morgan fingerprint density at radius 3 is 1.75 bits per heavy atom. The van der Waals surface area contributed by atoms with Gasteiger partial charge in [-0.05, 0) is 64.2 Å². The Balaban J connectivity index is 1.78. The molecule has 0 aromatic carbocycles. The van der Waals surface area contributed by atoms with E-state index in [9.17, 15) is 33.3 Å². The Bertz CT molecular complexity index is 1640. The number of nitrogens with zero attached hydrogens (tertiary/aromatic N) is 2. The van der Waals surface area contributed by atoms with Gasteiger partial charge in [-0.3, -0.25) is 23.2 Å². The number of halogens is 1. The van der Waals surface area contributed by atoms with E-state index in [0.717, 1.165) is 87.8 Å². The first kappa shape index (κ1) is 57.9. The molecule has 0 aliphatic carbocycles. The Hall–Kier alpha value is -3.20. The van der Waals surface area contributed by atoms with E-state index in [4.69, 9.17) is 29.0 Å². The summed E-state index contributed by atoms with van der Waals surface area (Å²) in [5, 5.41) is 10.6. The fraction of sp³-hybridized carbons (Fsp3) is 0.755. The third-order valence-corrected chi connectivity index (χ3v) is 12.3. The minimum absolute atomic E-state index is 0.0536. The van der Waals surface area contributed by atoms with Crippen LogP contribution in [0.15, 0.2) is 47.4 Å². The highest BCUT2D eigenvalue weighted by molar-refractivity contribution is 7.47. The van der Waals surface area contributed by atoms with Crippen molar-refractivity contribution in [2.75, 3.05) is 25.6 Å². The van der Waals surface area contributed by atoms with Crippen molar-refractivity contribution >= 4 is 25.6 Å². The van der Waals surface area contributed by atoms with Crippen LogP contribution in [0.25, 0.3) is 0 Å². The average Bonchev–Trinajstić information content (AvgIpc) is 3.56. The number of aliphatic hydroxyl groups excluding tert-OH is 1. The van der Waals surface area contributed by atoms with E-state index in [0.29, 0.717) is 12.8 Å². The topological polar surface area (TPSA) is 199 Å². The summed E-state index contributed by atoms with van der Waals surface area (Å²) in [6, 6.07) is 0. The van der Waals surface area contributed by atoms with E-state index < -0.39 is 81.4 Å². The van der Waals surface area contributed by atoms with Crippen LogP contribution in [0.1, 0.15) is 200 Å². The molecule has 65 heavy (non-hydrogen) atoms. The molecule has 16 heteroatoms. The van der Waals surface area contributed by atoms with E-state index in [1.54, 1.807) is 0 Å². The van der Waals surface area contributed by atoms with E-state index in [-0.39, 0.29) is 18.4 Å². The predicted octanol–water partition coefficient (Wildman–Crippen LogP) is 11.4. The van der Waals surface area contributed by atoms with Gasteiger partial charge in [0.15, 0.2) is 24.0 Å². The highest BCUT2D eigenvalue weighted by Crippen LogP contribution is 2.45. The second-order valence-electron chi connectivity index (χ2n) is 17.2. The third-order valence-electron chi connectivity index (χ3n) is 11.4. The van der Waals surface area contributed by atoms with Crippen LogP contribution < -0.4 is 11.4 Å². The molecule has 1 unspecified atom stereocenters. The molecule has 372 valence electrons. The monoisotopic (exact) mass is 940 g/mol. The molecule has 5 atom stereocenters. The van der Waals surface area contributed by atoms with Gasteiger partial charge in [0.25, 0.3) is 0 Å². The van der Waals surface area contributed by atoms with E-state index in [2.05, 4.69) is 49.7 Å². The minimum atomic E-state index is -4.87. The zero-order valence-electron chi connectivity index (χ0n) is 39.7. The lowest BCUT2D eigenvalue weighted by molar-refractivity contribution is -0.161. The molecule has 0 radical (unpaired) electrons. The Kier molecular flexibility index (Phi) is 32.0. The second kappa shape index (κ2) is 35.9. The second-order valence-corrected chi connectivity index (χ2v) is 18.7. The van der Waals surface area contributed by atoms with Gasteiger partial charge in [0.05, 0.1) is 19.4 Å². The van der Waals surface area contributed by atoms with Gasteiger partial charge in [0, 0.05) is 18.4 Å². The molecular formula is C49H83FN3O11P. The lowest BCUT2D eigenvalue weighted by Gasteiger charge is -2.21. The van der Waals surface area contributed by atoms with Crippen LogP contribution >= 0.6 is 7.82 Å². The number of nitrogen functional groups attached to an aromatic ring is 1. The predicted molar refractivity (Wildman–Crippen MR) is 253 cm³/mol. The molecular weight excluding hydrogens is 857 g/mol. The largest absolute Gasteiger partial charge is 0.472 e. The lowest BCUT2D eigenvalue weighted by Crippen LogP contribution is -2.30. The van der Waals surface area contributed by atoms with Crippen molar-refractivity contribution in [3.05, 3.63) is 59.0 Å². The van der Waals surface area contributed by atoms with Crippen LogP contribution in [0.4, 0.5) is 10.2 Å². The van der Waals surface area contributed by atoms with Gasteiger partial charge in [0.1, 0.15) is 18.8 Å². The average molecular weight is 940 g/mol. The number of rotatable bonds is 40. The molecule has 2 rings (SSSR count). The molecule has 0 spiro atoms. The maximum Gasteiger partial charge on any atom is 0.472 e. The highest BCUT2D eigenvalue weighted by atomic mass is 31.2. The summed E-state index contributed by atoms with van der Waals surface area (Å²) in [6.45, 7) is 6.42. The van der Waals surface area contributed by atoms with Gasteiger partial charge in [-0.25, -0.2) is 13.8 Å². The van der Waals surface area contributed by atoms with Crippen molar-refractivity contribution in [2.24, 2.45) is 0 Å². The summed E-state index contributed by atoms with van der Waals surface area (Å²) in [5.41, 5.74) is 4.34. The lowest BCUT2D eigenvalue weighted by atomic mass is 10.1.